The molecule has 0 aliphatic heterocycles. The summed E-state index contributed by atoms with van der Waals surface area (Å²) in [5.74, 6) is -2.44. The number of hydrogen-bond acceptors (Lipinski definition) is 5. The highest BCUT2D eigenvalue weighted by Gasteiger charge is 2.24. The van der Waals surface area contributed by atoms with Crippen LogP contribution in [0, 0.1) is 5.82 Å². The summed E-state index contributed by atoms with van der Waals surface area (Å²) in [6, 6.07) is 7.19. The number of carbonyl (C=O) groups is 1. The van der Waals surface area contributed by atoms with Gasteiger partial charge in [0.1, 0.15) is 23.0 Å². The van der Waals surface area contributed by atoms with Gasteiger partial charge in [-0.05, 0) is 49.3 Å². The summed E-state index contributed by atoms with van der Waals surface area (Å²) in [5, 5.41) is 10.9. The smallest absolute Gasteiger partial charge is 0.347 e. The summed E-state index contributed by atoms with van der Waals surface area (Å²) in [7, 11) is 0. The highest BCUT2D eigenvalue weighted by Crippen LogP contribution is 2.30. The first-order valence-corrected chi connectivity index (χ1v) is 10.1. The van der Waals surface area contributed by atoms with E-state index in [4.69, 9.17) is 4.74 Å². The van der Waals surface area contributed by atoms with Crippen molar-refractivity contribution in [1.29, 1.82) is 0 Å². The maximum atomic E-state index is 13.4. The van der Waals surface area contributed by atoms with Gasteiger partial charge < -0.3 is 9.84 Å². The van der Waals surface area contributed by atoms with Gasteiger partial charge in [0, 0.05) is 11.8 Å². The molecule has 0 saturated carbocycles. The van der Waals surface area contributed by atoms with Crippen LogP contribution >= 0.6 is 0 Å². The number of benzene rings is 1. The molecule has 0 atom stereocenters. The fourth-order valence-electron chi connectivity index (χ4n) is 3.20. The van der Waals surface area contributed by atoms with Gasteiger partial charge >= 0.3 is 5.97 Å². The number of hydrogen-bond donors (Lipinski definition) is 1. The number of allylic oxidation sites excluding steroid dienone is 5. The quantitative estimate of drug-likeness (QED) is 0.400. The zero-order valence-electron chi connectivity index (χ0n) is 18.1. The van der Waals surface area contributed by atoms with Gasteiger partial charge in [-0.1, -0.05) is 30.9 Å². The fourth-order valence-corrected chi connectivity index (χ4v) is 3.20. The van der Waals surface area contributed by atoms with Gasteiger partial charge in [-0.15, -0.1) is 0 Å². The number of aromatic hydroxyl groups is 1. The van der Waals surface area contributed by atoms with E-state index in [1.807, 2.05) is 0 Å². The Labute approximate surface area is 188 Å². The number of esters is 1. The first kappa shape index (κ1) is 23.6. The van der Waals surface area contributed by atoms with E-state index in [1.54, 1.807) is 25.1 Å². The molecule has 6 nitrogen and oxygen atoms in total. The van der Waals surface area contributed by atoms with E-state index >= 15 is 0 Å². The minimum atomic E-state index is -0.982. The van der Waals surface area contributed by atoms with Crippen molar-refractivity contribution in [2.45, 2.75) is 20.4 Å². The minimum Gasteiger partial charge on any atom is -0.506 e. The van der Waals surface area contributed by atoms with Crippen molar-refractivity contribution >= 4 is 17.0 Å². The zero-order valence-corrected chi connectivity index (χ0v) is 18.1. The third-order valence-electron chi connectivity index (χ3n) is 4.85. The Morgan fingerprint density at radius 1 is 1.24 bits per heavy atom. The number of nitrogens with zero attached hydrogens (tertiary/aromatic N) is 2. The molecule has 0 aliphatic rings. The van der Waals surface area contributed by atoms with E-state index in [-0.39, 0.29) is 24.2 Å². The molecule has 1 aromatic carbocycles. The summed E-state index contributed by atoms with van der Waals surface area (Å²) >= 11 is 0. The van der Waals surface area contributed by atoms with E-state index < -0.39 is 34.5 Å². The Hall–Kier alpha value is -4.07. The lowest BCUT2D eigenvalue weighted by atomic mass is 10.0. The van der Waals surface area contributed by atoms with Crippen LogP contribution in [0.3, 0.4) is 0 Å². The molecule has 0 spiro atoms. The average molecular weight is 452 g/mol. The molecule has 0 radical (unpaired) electrons. The Morgan fingerprint density at radius 3 is 2.58 bits per heavy atom. The lowest BCUT2D eigenvalue weighted by molar-refractivity contribution is 0.0520. The van der Waals surface area contributed by atoms with Crippen molar-refractivity contribution in [3.05, 3.63) is 94.5 Å². The van der Waals surface area contributed by atoms with E-state index in [0.29, 0.717) is 16.7 Å². The van der Waals surface area contributed by atoms with E-state index in [1.165, 1.54) is 43.5 Å². The Balaban J connectivity index is 2.22. The average Bonchev–Trinajstić information content (AvgIpc) is 2.80. The molecule has 3 aromatic rings. The van der Waals surface area contributed by atoms with Crippen molar-refractivity contribution in [2.24, 2.45) is 0 Å². The van der Waals surface area contributed by atoms with Gasteiger partial charge in [0.25, 0.3) is 5.56 Å². The van der Waals surface area contributed by atoms with Crippen LogP contribution in [0.5, 0.6) is 5.75 Å². The van der Waals surface area contributed by atoms with Crippen molar-refractivity contribution < 1.29 is 23.4 Å². The first-order valence-electron chi connectivity index (χ1n) is 10.1. The Morgan fingerprint density at radius 2 is 1.94 bits per heavy atom. The van der Waals surface area contributed by atoms with Gasteiger partial charge in [0.05, 0.1) is 18.5 Å². The number of rotatable bonds is 7. The number of halogens is 2. The maximum absolute atomic E-state index is 13.4. The number of ether oxygens (including phenoxy) is 1. The van der Waals surface area contributed by atoms with Gasteiger partial charge in [0.15, 0.2) is 5.56 Å². The molecule has 0 amide bonds. The fraction of sp³-hybridized carbons (Fsp3) is 0.160. The van der Waals surface area contributed by atoms with E-state index in [9.17, 15) is 23.5 Å². The summed E-state index contributed by atoms with van der Waals surface area (Å²) in [6.07, 6.45) is 5.33. The molecule has 2 heterocycles. The molecule has 1 N–H and O–H groups in total. The van der Waals surface area contributed by atoms with Crippen LogP contribution in [0.1, 0.15) is 24.2 Å². The van der Waals surface area contributed by atoms with E-state index in [0.717, 1.165) is 4.57 Å². The Kier molecular flexibility index (Phi) is 7.17. The standard InChI is InChI=1S/C25H22F2N2O4/c1-4-18(26)9-6-15(3)14-29-23-20(22(30)21(24(29)31)25(32)33-5-2)12-17(13-28-23)16-7-10-19(27)11-8-16/h4,6-13,30H,3,5,14H2,1-2H3/b9-6-,18-4+. The molecule has 0 unspecified atom stereocenters. The molecule has 8 heteroatoms. The summed E-state index contributed by atoms with van der Waals surface area (Å²) in [6.45, 7) is 6.83. The normalized spacial score (nSPS) is 11.8. The van der Waals surface area contributed by atoms with Crippen molar-refractivity contribution in [2.75, 3.05) is 6.61 Å². The number of aromatic nitrogens is 2. The molecular formula is C25H22F2N2O4. The highest BCUT2D eigenvalue weighted by atomic mass is 19.1. The van der Waals surface area contributed by atoms with Gasteiger partial charge in [0.2, 0.25) is 0 Å². The van der Waals surface area contributed by atoms with E-state index in [2.05, 4.69) is 11.6 Å². The molecule has 0 aliphatic carbocycles. The van der Waals surface area contributed by atoms with Crippen LogP contribution in [-0.2, 0) is 11.3 Å². The van der Waals surface area contributed by atoms with Crippen LogP contribution in [0.25, 0.3) is 22.2 Å². The van der Waals surface area contributed by atoms with Crippen LogP contribution in [0.4, 0.5) is 8.78 Å². The second-order valence-corrected chi connectivity index (χ2v) is 7.10. The van der Waals surface area contributed by atoms with Gasteiger partial charge in [-0.25, -0.2) is 18.6 Å². The highest BCUT2D eigenvalue weighted by molar-refractivity contribution is 5.99. The summed E-state index contributed by atoms with van der Waals surface area (Å²) in [5.41, 5.74) is 0.250. The third kappa shape index (κ3) is 5.06. The van der Waals surface area contributed by atoms with Crippen LogP contribution in [-0.4, -0.2) is 27.2 Å². The van der Waals surface area contributed by atoms with Crippen LogP contribution in [0.15, 0.2) is 77.5 Å². The third-order valence-corrected chi connectivity index (χ3v) is 4.85. The van der Waals surface area contributed by atoms with Crippen molar-refractivity contribution in [3.63, 3.8) is 0 Å². The molecule has 3 rings (SSSR count). The first-order chi connectivity index (χ1) is 15.8. The summed E-state index contributed by atoms with van der Waals surface area (Å²) < 4.78 is 32.9. The lowest BCUT2D eigenvalue weighted by Crippen LogP contribution is -2.29. The van der Waals surface area contributed by atoms with Gasteiger partial charge in [-0.3, -0.25) is 9.36 Å². The molecule has 170 valence electrons. The summed E-state index contributed by atoms with van der Waals surface area (Å²) in [4.78, 5) is 29.9. The number of fused-ring (bicyclic) bond motifs is 1. The monoisotopic (exact) mass is 452 g/mol. The molecule has 2 aromatic heterocycles. The molecule has 0 bridgehead atoms. The molecule has 0 fully saturated rings. The molecular weight excluding hydrogens is 430 g/mol. The number of pyridine rings is 2. The van der Waals surface area contributed by atoms with Crippen molar-refractivity contribution in [1.82, 2.24) is 9.55 Å². The Bertz CT molecular complexity index is 1340. The number of carbonyl (C=O) groups excluding carboxylic acids is 1. The SMILES string of the molecule is C=C(/C=C\C(F)=C/C)Cn1c(=O)c(C(=O)OCC)c(O)c2cc(-c3ccc(F)cc3)cnc21. The largest absolute Gasteiger partial charge is 0.506 e. The molecule has 0 saturated heterocycles. The van der Waals surface area contributed by atoms with Gasteiger partial charge in [-0.2, -0.15) is 0 Å². The van der Waals surface area contributed by atoms with Crippen LogP contribution in [0.2, 0.25) is 0 Å². The predicted octanol–water partition coefficient (Wildman–Crippen LogP) is 5.07. The second-order valence-electron chi connectivity index (χ2n) is 7.10. The van der Waals surface area contributed by atoms with Crippen LogP contribution < -0.4 is 5.56 Å². The predicted molar refractivity (Wildman–Crippen MR) is 122 cm³/mol. The maximum Gasteiger partial charge on any atom is 0.347 e. The lowest BCUT2D eigenvalue weighted by Gasteiger charge is -2.15. The topological polar surface area (TPSA) is 81.4 Å². The zero-order chi connectivity index (χ0) is 24.1. The second kappa shape index (κ2) is 10.0. The molecule has 33 heavy (non-hydrogen) atoms. The minimum absolute atomic E-state index is 0.00168. The van der Waals surface area contributed by atoms with Crippen molar-refractivity contribution in [3.8, 4) is 16.9 Å².